The van der Waals surface area contributed by atoms with Gasteiger partial charge in [-0.05, 0) is 101 Å². The Morgan fingerprint density at radius 2 is 1.52 bits per heavy atom. The predicted molar refractivity (Wildman–Crippen MR) is 219 cm³/mol. The van der Waals surface area contributed by atoms with E-state index < -0.39 is 11.1 Å². The van der Waals surface area contributed by atoms with E-state index in [-0.39, 0.29) is 29.3 Å². The summed E-state index contributed by atoms with van der Waals surface area (Å²) in [5.41, 5.74) is 1.11. The van der Waals surface area contributed by atoms with Gasteiger partial charge in [0.05, 0.1) is 12.2 Å². The van der Waals surface area contributed by atoms with E-state index in [0.29, 0.717) is 59.2 Å². The number of nitrogens with one attached hydrogen (secondary N) is 1. The lowest BCUT2D eigenvalue weighted by molar-refractivity contribution is -0.123. The summed E-state index contributed by atoms with van der Waals surface area (Å²) in [6.07, 6.45) is 9.97. The van der Waals surface area contributed by atoms with Crippen molar-refractivity contribution in [3.8, 4) is 5.75 Å². The van der Waals surface area contributed by atoms with Crippen LogP contribution in [-0.4, -0.2) is 58.3 Å². The lowest BCUT2D eigenvalue weighted by Crippen LogP contribution is -2.59. The normalized spacial score (nSPS) is 23.2. The van der Waals surface area contributed by atoms with Crippen LogP contribution in [0.4, 0.5) is 4.79 Å². The Kier molecular flexibility index (Phi) is 12.0. The molecule has 8 nitrogen and oxygen atoms in total. The summed E-state index contributed by atoms with van der Waals surface area (Å²) in [4.78, 5) is 42.8. The second kappa shape index (κ2) is 16.2. The molecule has 2 aromatic carbocycles. The van der Waals surface area contributed by atoms with Crippen LogP contribution in [0.25, 0.3) is 0 Å². The van der Waals surface area contributed by atoms with Crippen molar-refractivity contribution in [3.05, 3.63) is 93.2 Å². The van der Waals surface area contributed by atoms with Gasteiger partial charge < -0.3 is 15.0 Å². The van der Waals surface area contributed by atoms with Gasteiger partial charge in [0.1, 0.15) is 22.7 Å². The molecule has 0 spiro atoms. The third-order valence-electron chi connectivity index (χ3n) is 12.2. The fourth-order valence-electron chi connectivity index (χ4n) is 8.65. The first-order chi connectivity index (χ1) is 25.7. The molecule has 1 saturated carbocycles. The minimum atomic E-state index is -1.02. The van der Waals surface area contributed by atoms with E-state index in [1.807, 2.05) is 71.3 Å². The number of aliphatic imine (C=N–C) groups is 1. The summed E-state index contributed by atoms with van der Waals surface area (Å²) in [6, 6.07) is 17.4. The molecule has 54 heavy (non-hydrogen) atoms. The number of pyridine rings is 1. The van der Waals surface area contributed by atoms with Crippen molar-refractivity contribution in [3.63, 3.8) is 0 Å². The average molecular weight is 775 g/mol. The molecule has 1 N–H and O–H groups in total. The number of urea groups is 1. The molecule has 3 atom stereocenters. The lowest BCUT2D eigenvalue weighted by Gasteiger charge is -2.47. The topological polar surface area (TPSA) is 87.1 Å². The number of halogens is 2. The molecule has 0 radical (unpaired) electrons. The highest BCUT2D eigenvalue weighted by Crippen LogP contribution is 2.54. The van der Waals surface area contributed by atoms with Gasteiger partial charge in [0.25, 0.3) is 0 Å². The van der Waals surface area contributed by atoms with Crippen LogP contribution in [0.3, 0.4) is 0 Å². The molecule has 3 aromatic rings. The van der Waals surface area contributed by atoms with E-state index in [1.165, 1.54) is 32.1 Å². The summed E-state index contributed by atoms with van der Waals surface area (Å²) < 4.78 is 6.31. The van der Waals surface area contributed by atoms with Crippen molar-refractivity contribution >= 4 is 41.0 Å². The number of ether oxygens (including phenoxy) is 1. The highest BCUT2D eigenvalue weighted by Gasteiger charge is 2.60. The highest BCUT2D eigenvalue weighted by atomic mass is 35.5. The lowest BCUT2D eigenvalue weighted by atomic mass is 9.71. The van der Waals surface area contributed by atoms with Crippen LogP contribution in [0, 0.1) is 11.8 Å². The zero-order chi connectivity index (χ0) is 38.8. The van der Waals surface area contributed by atoms with E-state index in [1.54, 1.807) is 6.20 Å². The number of rotatable bonds is 9. The molecule has 3 heterocycles. The third kappa shape index (κ3) is 8.02. The van der Waals surface area contributed by atoms with Crippen LogP contribution in [-0.2, 0) is 21.3 Å². The molecule has 3 amide bonds. The average Bonchev–Trinajstić information content (AvgIpc) is 3.39. The monoisotopic (exact) mass is 773 g/mol. The van der Waals surface area contributed by atoms with Crippen LogP contribution in [0.2, 0.25) is 10.0 Å². The molecule has 2 aliphatic heterocycles. The van der Waals surface area contributed by atoms with E-state index >= 15 is 4.79 Å². The SMILES string of the molecule is CCOc1cc(C(C)(C)C)ncc1C1=N[C@@](C)(c2ccc(Cl)cc2)[C@@](C)(c2ccc(Cl)cc2)N1C(=O)N1CCC(CC(=O)N[C@@H](C)C2CCCCC2)CC1. The number of amides is 3. The maximum Gasteiger partial charge on any atom is 0.326 e. The highest BCUT2D eigenvalue weighted by molar-refractivity contribution is 6.30. The molecule has 3 aliphatic rings. The Labute approximate surface area is 332 Å². The molecule has 2 fully saturated rings. The second-order valence-corrected chi connectivity index (χ2v) is 17.7. The third-order valence-corrected chi connectivity index (χ3v) is 12.7. The first kappa shape index (κ1) is 40.1. The fraction of sp³-hybridized carbons (Fsp3) is 0.545. The maximum atomic E-state index is 15.3. The van der Waals surface area contributed by atoms with Gasteiger partial charge in [-0.15, -0.1) is 0 Å². The van der Waals surface area contributed by atoms with Gasteiger partial charge in [0.15, 0.2) is 0 Å². The van der Waals surface area contributed by atoms with Gasteiger partial charge in [0, 0.05) is 59.0 Å². The van der Waals surface area contributed by atoms with Crippen LogP contribution in [0.15, 0.2) is 65.8 Å². The molecule has 1 saturated heterocycles. The van der Waals surface area contributed by atoms with Crippen molar-refractivity contribution < 1.29 is 14.3 Å². The first-order valence-corrected chi connectivity index (χ1v) is 20.6. The number of nitrogens with zero attached hydrogens (tertiary/aromatic N) is 4. The number of piperidine rings is 1. The zero-order valence-corrected chi connectivity index (χ0v) is 34.6. The number of likely N-dealkylation sites (tertiary alicyclic amines) is 1. The van der Waals surface area contributed by atoms with E-state index in [4.69, 9.17) is 37.9 Å². The van der Waals surface area contributed by atoms with E-state index in [9.17, 15) is 4.79 Å². The Morgan fingerprint density at radius 1 is 0.926 bits per heavy atom. The van der Waals surface area contributed by atoms with Gasteiger partial charge in [-0.2, -0.15) is 0 Å². The van der Waals surface area contributed by atoms with Gasteiger partial charge in [0.2, 0.25) is 5.91 Å². The van der Waals surface area contributed by atoms with Crippen molar-refractivity contribution in [2.24, 2.45) is 16.8 Å². The van der Waals surface area contributed by atoms with Crippen molar-refractivity contribution in [2.75, 3.05) is 19.7 Å². The van der Waals surface area contributed by atoms with Crippen LogP contribution in [0.1, 0.15) is 122 Å². The molecular weight excluding hydrogens is 717 g/mol. The molecular formula is C44H57Cl2N5O3. The summed E-state index contributed by atoms with van der Waals surface area (Å²) in [5.74, 6) is 2.01. The minimum absolute atomic E-state index is 0.121. The molecule has 0 bridgehead atoms. The number of hydrogen-bond donors (Lipinski definition) is 1. The molecule has 6 rings (SSSR count). The maximum absolute atomic E-state index is 15.3. The minimum Gasteiger partial charge on any atom is -0.493 e. The van der Waals surface area contributed by atoms with E-state index in [2.05, 4.69) is 46.9 Å². The van der Waals surface area contributed by atoms with Crippen LogP contribution in [0.5, 0.6) is 5.75 Å². The second-order valence-electron chi connectivity index (χ2n) is 16.8. The molecule has 290 valence electrons. The summed E-state index contributed by atoms with van der Waals surface area (Å²) >= 11 is 12.9. The van der Waals surface area contributed by atoms with Crippen molar-refractivity contribution in [2.45, 2.75) is 122 Å². The quantitative estimate of drug-likeness (QED) is 0.235. The van der Waals surface area contributed by atoms with Crippen molar-refractivity contribution in [1.82, 2.24) is 20.1 Å². The molecule has 1 aliphatic carbocycles. The number of amidine groups is 1. The fourth-order valence-corrected chi connectivity index (χ4v) is 8.91. The van der Waals surface area contributed by atoms with E-state index in [0.717, 1.165) is 29.7 Å². The summed E-state index contributed by atoms with van der Waals surface area (Å²) in [7, 11) is 0. The number of aromatic nitrogens is 1. The smallest absolute Gasteiger partial charge is 0.326 e. The Hall–Kier alpha value is -3.62. The summed E-state index contributed by atoms with van der Waals surface area (Å²) in [5, 5.41) is 4.53. The Bertz CT molecular complexity index is 1830. The standard InChI is InChI=1S/C44H57Cl2N5O3/c1-8-54-37-27-38(42(3,4)5)47-28-36(37)40-49-43(6,32-14-18-34(45)19-15-32)44(7,33-16-20-35(46)21-17-33)51(40)41(53)50-24-22-30(23-25-50)26-39(52)48-29(2)31-12-10-9-11-13-31/h14-21,27-31H,8-13,22-26H2,1-7H3,(H,48,52)/t29-,43-,44+/m0/s1. The van der Waals surface area contributed by atoms with Crippen LogP contribution >= 0.6 is 23.2 Å². The number of carbonyl (C=O) groups excluding carboxylic acids is 2. The van der Waals surface area contributed by atoms with Gasteiger partial charge >= 0.3 is 6.03 Å². The predicted octanol–water partition coefficient (Wildman–Crippen LogP) is 10.3. The Morgan fingerprint density at radius 3 is 2.09 bits per heavy atom. The van der Waals surface area contributed by atoms with Gasteiger partial charge in [-0.25, -0.2) is 4.79 Å². The Balaban J connectivity index is 1.36. The zero-order valence-electron chi connectivity index (χ0n) is 33.1. The number of hydrogen-bond acceptors (Lipinski definition) is 5. The number of benzene rings is 2. The molecule has 0 unspecified atom stereocenters. The number of carbonyl (C=O) groups is 2. The van der Waals surface area contributed by atoms with Gasteiger partial charge in [-0.1, -0.05) is 87.5 Å². The molecule has 10 heteroatoms. The largest absolute Gasteiger partial charge is 0.493 e. The van der Waals surface area contributed by atoms with Crippen molar-refractivity contribution in [1.29, 1.82) is 0 Å². The van der Waals surface area contributed by atoms with Gasteiger partial charge in [-0.3, -0.25) is 19.7 Å². The summed E-state index contributed by atoms with van der Waals surface area (Å²) in [6.45, 7) is 16.1. The van der Waals surface area contributed by atoms with Crippen LogP contribution < -0.4 is 10.1 Å². The molecule has 1 aromatic heterocycles. The first-order valence-electron chi connectivity index (χ1n) is 19.8.